The molecule has 0 bridgehead atoms. The Morgan fingerprint density at radius 2 is 1.22 bits per heavy atom. The largest absolute Gasteiger partial charge is 0.460 e. The molecule has 4 atom stereocenters. The van der Waals surface area contributed by atoms with Crippen LogP contribution in [0.1, 0.15) is 89.0 Å². The van der Waals surface area contributed by atoms with Gasteiger partial charge in [-0.2, -0.15) is 0 Å². The quantitative estimate of drug-likeness (QED) is 0.278. The highest BCUT2D eigenvalue weighted by molar-refractivity contribution is 6.74. The third kappa shape index (κ3) is 17.5. The number of rotatable bonds is 11. The Kier molecular flexibility index (Phi) is 15.9. The fourth-order valence-corrected chi connectivity index (χ4v) is 3.79. The fourth-order valence-electron chi connectivity index (χ4n) is 2.73. The highest BCUT2D eigenvalue weighted by Gasteiger charge is 2.38. The van der Waals surface area contributed by atoms with E-state index < -0.39 is 25.6 Å². The molecular weight excluding hydrogens is 478 g/mol. The summed E-state index contributed by atoms with van der Waals surface area (Å²) in [5, 5.41) is 10.00. The van der Waals surface area contributed by atoms with Gasteiger partial charge in [0.05, 0.1) is 25.0 Å². The number of esters is 2. The minimum Gasteiger partial charge on any atom is -0.460 e. The van der Waals surface area contributed by atoms with Crippen LogP contribution < -0.4 is 5.73 Å². The minimum absolute atomic E-state index is 0.0184. The number of carbonyl (C=O) groups is 2. The van der Waals surface area contributed by atoms with E-state index in [9.17, 15) is 14.7 Å². The Balaban J connectivity index is 0. The second-order valence-electron chi connectivity index (χ2n) is 13.1. The van der Waals surface area contributed by atoms with Crippen LogP contribution in [-0.4, -0.2) is 69.0 Å². The van der Waals surface area contributed by atoms with E-state index in [2.05, 4.69) is 33.9 Å². The van der Waals surface area contributed by atoms with Crippen LogP contribution in [0.5, 0.6) is 0 Å². The summed E-state index contributed by atoms with van der Waals surface area (Å²) in [7, 11) is -0.261. The molecule has 0 aromatic rings. The van der Waals surface area contributed by atoms with E-state index in [-0.39, 0.29) is 41.3 Å². The molecule has 0 rings (SSSR count). The average molecular weight is 536 g/mol. The molecule has 36 heavy (non-hydrogen) atoms. The number of nitrogens with two attached hydrogens (primary N) is 1. The Morgan fingerprint density at radius 1 is 0.833 bits per heavy atom. The van der Waals surface area contributed by atoms with Crippen molar-refractivity contribution in [1.82, 2.24) is 0 Å². The van der Waals surface area contributed by atoms with Gasteiger partial charge in [-0.15, -0.1) is 0 Å². The van der Waals surface area contributed by atoms with Gasteiger partial charge >= 0.3 is 11.9 Å². The van der Waals surface area contributed by atoms with E-state index in [1.807, 2.05) is 48.5 Å². The number of methoxy groups -OCH3 is 1. The van der Waals surface area contributed by atoms with E-state index in [4.69, 9.17) is 24.4 Å². The lowest BCUT2D eigenvalue weighted by molar-refractivity contribution is -0.158. The molecule has 8 nitrogen and oxygen atoms in total. The summed E-state index contributed by atoms with van der Waals surface area (Å²) in [6.07, 6.45) is -0.128. The molecule has 0 fully saturated rings. The monoisotopic (exact) mass is 535 g/mol. The normalized spacial score (nSPS) is 16.2. The smallest absolute Gasteiger partial charge is 0.306 e. The number of carbonyl (C=O) groups excluding carboxylic acids is 2. The first-order valence-corrected chi connectivity index (χ1v) is 15.8. The van der Waals surface area contributed by atoms with E-state index >= 15 is 0 Å². The fraction of sp³-hybridized carbons (Fsp3) is 0.926. The van der Waals surface area contributed by atoms with Crippen molar-refractivity contribution in [1.29, 1.82) is 0 Å². The molecule has 0 aromatic heterocycles. The molecule has 0 saturated heterocycles. The second kappa shape index (κ2) is 15.4. The molecule has 0 amide bonds. The number of aliphatic hydroxyl groups excluding tert-OH is 1. The minimum atomic E-state index is -1.87. The maximum Gasteiger partial charge on any atom is 0.306 e. The standard InChI is InChI=1S/C16H34O4Si.C11H23NO3/c1-12(17)13(10-14(18)20-15(2,3)4)11-19-21(8,9)16(5,6)7;1-8(14-5)9(7-12)6-10(13)15-11(2,3)4/h12-13,17H,10-11H2,1-9H3;8-9H,6-7,12H2,1-5H3/t12-,13-;8-,9-/m11/s1. The molecule has 0 saturated carbocycles. The van der Waals surface area contributed by atoms with E-state index in [1.165, 1.54) is 0 Å². The second-order valence-corrected chi connectivity index (χ2v) is 17.9. The average Bonchev–Trinajstić information content (AvgIpc) is 2.65. The Morgan fingerprint density at radius 3 is 1.50 bits per heavy atom. The van der Waals surface area contributed by atoms with Crippen LogP contribution in [0, 0.1) is 11.8 Å². The molecule has 9 heteroatoms. The first kappa shape index (κ1) is 37.2. The predicted octanol–water partition coefficient (Wildman–Crippen LogP) is 5.07. The van der Waals surface area contributed by atoms with Crippen LogP contribution in [0.3, 0.4) is 0 Å². The zero-order chi connectivity index (χ0) is 29.1. The van der Waals surface area contributed by atoms with Crippen molar-refractivity contribution in [3.63, 3.8) is 0 Å². The zero-order valence-corrected chi connectivity index (χ0v) is 26.6. The van der Waals surface area contributed by atoms with Gasteiger partial charge in [0.2, 0.25) is 0 Å². The zero-order valence-electron chi connectivity index (χ0n) is 25.6. The maximum absolute atomic E-state index is 11.9. The van der Waals surface area contributed by atoms with Crippen LogP contribution in [0.2, 0.25) is 18.1 Å². The van der Waals surface area contributed by atoms with Crippen molar-refractivity contribution in [3.05, 3.63) is 0 Å². The third-order valence-electron chi connectivity index (χ3n) is 6.18. The molecule has 0 aliphatic carbocycles. The summed E-state index contributed by atoms with van der Waals surface area (Å²) < 4.78 is 21.8. The van der Waals surface area contributed by atoms with Crippen molar-refractivity contribution >= 4 is 20.3 Å². The van der Waals surface area contributed by atoms with Gasteiger partial charge in [0.15, 0.2) is 8.32 Å². The van der Waals surface area contributed by atoms with Crippen molar-refractivity contribution < 1.29 is 33.3 Å². The first-order valence-electron chi connectivity index (χ1n) is 12.9. The molecule has 0 aromatic carbocycles. The van der Waals surface area contributed by atoms with Gasteiger partial charge in [0.25, 0.3) is 0 Å². The number of ether oxygens (including phenoxy) is 3. The lowest BCUT2D eigenvalue weighted by Crippen LogP contribution is -2.43. The topological polar surface area (TPSA) is 117 Å². The molecule has 0 aliphatic heterocycles. The van der Waals surface area contributed by atoms with E-state index in [0.29, 0.717) is 19.6 Å². The lowest BCUT2D eigenvalue weighted by atomic mass is 10.00. The van der Waals surface area contributed by atoms with Crippen molar-refractivity contribution in [2.45, 2.75) is 131 Å². The molecule has 0 unspecified atom stereocenters. The highest BCUT2D eigenvalue weighted by Crippen LogP contribution is 2.37. The highest BCUT2D eigenvalue weighted by atomic mass is 28.4. The van der Waals surface area contributed by atoms with Crippen LogP contribution in [-0.2, 0) is 28.2 Å². The Bertz CT molecular complexity index is 646. The van der Waals surface area contributed by atoms with Gasteiger partial charge < -0.3 is 29.5 Å². The SMILES string of the molecule is CO[C@H](C)[C@@H](CN)CC(=O)OC(C)(C)C.C[C@@H](O)[C@@H](CO[Si](C)(C)C(C)(C)C)CC(=O)OC(C)(C)C. The molecule has 0 aliphatic rings. The van der Waals surface area contributed by atoms with Gasteiger partial charge in [-0.1, -0.05) is 20.8 Å². The predicted molar refractivity (Wildman–Crippen MR) is 148 cm³/mol. The van der Waals surface area contributed by atoms with Crippen LogP contribution >= 0.6 is 0 Å². The Labute approximate surface area is 222 Å². The van der Waals surface area contributed by atoms with Crippen molar-refractivity contribution in [3.8, 4) is 0 Å². The van der Waals surface area contributed by atoms with Crippen LogP contribution in [0.15, 0.2) is 0 Å². The summed E-state index contributed by atoms with van der Waals surface area (Å²) in [5.74, 6) is -0.715. The summed E-state index contributed by atoms with van der Waals surface area (Å²) in [5.41, 5.74) is 4.64. The van der Waals surface area contributed by atoms with E-state index in [1.54, 1.807) is 14.0 Å². The van der Waals surface area contributed by atoms with Crippen LogP contribution in [0.25, 0.3) is 0 Å². The van der Waals surface area contributed by atoms with Gasteiger partial charge in [0, 0.05) is 25.6 Å². The van der Waals surface area contributed by atoms with Gasteiger partial charge in [-0.25, -0.2) is 0 Å². The summed E-state index contributed by atoms with van der Waals surface area (Å²) >= 11 is 0. The first-order chi connectivity index (χ1) is 16.0. The number of hydrogen-bond acceptors (Lipinski definition) is 8. The van der Waals surface area contributed by atoms with Crippen molar-refractivity contribution in [2.24, 2.45) is 17.6 Å². The van der Waals surface area contributed by atoms with Gasteiger partial charge in [-0.05, 0) is 80.1 Å². The summed E-state index contributed by atoms with van der Waals surface area (Å²) in [4.78, 5) is 23.4. The molecule has 3 N–H and O–H groups in total. The molecule has 216 valence electrons. The molecule has 0 radical (unpaired) electrons. The van der Waals surface area contributed by atoms with Crippen molar-refractivity contribution in [2.75, 3.05) is 20.3 Å². The maximum atomic E-state index is 11.9. The molecule has 0 heterocycles. The number of hydrogen-bond donors (Lipinski definition) is 2. The van der Waals surface area contributed by atoms with Gasteiger partial charge in [0.1, 0.15) is 11.2 Å². The summed E-state index contributed by atoms with van der Waals surface area (Å²) in [6.45, 7) is 26.3. The number of aliphatic hydroxyl groups is 1. The van der Waals surface area contributed by atoms with Gasteiger partial charge in [-0.3, -0.25) is 9.59 Å². The summed E-state index contributed by atoms with van der Waals surface area (Å²) in [6, 6.07) is 0. The Hall–Kier alpha value is -1.00. The van der Waals surface area contributed by atoms with Crippen LogP contribution in [0.4, 0.5) is 0 Å². The lowest BCUT2D eigenvalue weighted by Gasteiger charge is -2.37. The molecular formula is C27H57NO7Si. The third-order valence-corrected chi connectivity index (χ3v) is 10.7. The molecule has 0 spiro atoms. The van der Waals surface area contributed by atoms with E-state index in [0.717, 1.165) is 0 Å².